The van der Waals surface area contributed by atoms with Crippen molar-refractivity contribution in [3.05, 3.63) is 47.8 Å². The smallest absolute Gasteiger partial charge is 0.114 e. The molecule has 1 heterocycles. The summed E-state index contributed by atoms with van der Waals surface area (Å²) in [5.41, 5.74) is 3.66. The summed E-state index contributed by atoms with van der Waals surface area (Å²) in [6.45, 7) is 8.39. The molecule has 0 aliphatic heterocycles. The molecular weight excluding hydrogens is 230 g/mol. The number of hydrogen-bond donors (Lipinski definition) is 0. The van der Waals surface area contributed by atoms with Crippen LogP contribution in [0.15, 0.2) is 36.6 Å². The Morgan fingerprint density at radius 1 is 1.37 bits per heavy atom. The second kappa shape index (κ2) is 5.89. The van der Waals surface area contributed by atoms with Crippen LogP contribution in [0, 0.1) is 17.3 Å². The van der Waals surface area contributed by atoms with E-state index < -0.39 is 0 Å². The van der Waals surface area contributed by atoms with Gasteiger partial charge in [0.2, 0.25) is 0 Å². The first-order valence-corrected chi connectivity index (χ1v) is 6.91. The molecule has 0 unspecified atom stereocenters. The van der Waals surface area contributed by atoms with Crippen molar-refractivity contribution >= 4 is 6.08 Å². The molecule has 1 aromatic heterocycles. The largest absolute Gasteiger partial charge is 0.248 e. The van der Waals surface area contributed by atoms with Crippen LogP contribution in [0.5, 0.6) is 0 Å². The zero-order chi connectivity index (χ0) is 13.7. The van der Waals surface area contributed by atoms with E-state index in [4.69, 9.17) is 0 Å². The Morgan fingerprint density at radius 2 is 2.21 bits per heavy atom. The van der Waals surface area contributed by atoms with Gasteiger partial charge in [0.15, 0.2) is 0 Å². The second-order valence-corrected chi connectivity index (χ2v) is 5.71. The Kier molecular flexibility index (Phi) is 4.22. The molecule has 0 radical (unpaired) electrons. The van der Waals surface area contributed by atoms with Crippen molar-refractivity contribution in [2.24, 2.45) is 5.41 Å². The highest BCUT2D eigenvalue weighted by Gasteiger charge is 2.25. The lowest BCUT2D eigenvalue weighted by Crippen LogP contribution is -2.18. The molecular formula is C18H21N. The van der Waals surface area contributed by atoms with Crippen molar-refractivity contribution in [3.63, 3.8) is 0 Å². The van der Waals surface area contributed by atoms with E-state index in [-0.39, 0.29) is 0 Å². The van der Waals surface area contributed by atoms with Gasteiger partial charge in [-0.15, -0.1) is 0 Å². The maximum Gasteiger partial charge on any atom is 0.114 e. The molecule has 1 saturated carbocycles. The van der Waals surface area contributed by atoms with Crippen LogP contribution < -0.4 is 0 Å². The number of aromatic nitrogens is 1. The summed E-state index contributed by atoms with van der Waals surface area (Å²) in [4.78, 5) is 4.26. The molecule has 1 nitrogen and oxygen atoms in total. The summed E-state index contributed by atoms with van der Waals surface area (Å²) in [5, 5.41) is 0. The first-order chi connectivity index (χ1) is 9.12. The highest BCUT2D eigenvalue weighted by Crippen LogP contribution is 2.39. The Bertz CT molecular complexity index is 553. The van der Waals surface area contributed by atoms with Crippen LogP contribution in [0.3, 0.4) is 0 Å². The normalized spacial score (nSPS) is 19.6. The molecule has 0 amide bonds. The Balaban J connectivity index is 2.17. The van der Waals surface area contributed by atoms with Gasteiger partial charge in [-0.25, -0.2) is 4.98 Å². The summed E-state index contributed by atoms with van der Waals surface area (Å²) in [7, 11) is 0. The SMILES string of the molecule is C=Cc1ccnc(C#C/C=C2\CCCCC2(C)C)c1. The van der Waals surface area contributed by atoms with Crippen LogP contribution >= 0.6 is 0 Å². The zero-order valence-corrected chi connectivity index (χ0v) is 11.9. The van der Waals surface area contributed by atoms with E-state index in [1.54, 1.807) is 6.20 Å². The minimum atomic E-state index is 0.309. The Labute approximate surface area is 116 Å². The predicted molar refractivity (Wildman–Crippen MR) is 81.5 cm³/mol. The maximum atomic E-state index is 4.26. The zero-order valence-electron chi connectivity index (χ0n) is 11.9. The van der Waals surface area contributed by atoms with E-state index in [0.717, 1.165) is 11.3 Å². The third-order valence-electron chi connectivity index (χ3n) is 3.83. The average molecular weight is 251 g/mol. The molecule has 0 atom stereocenters. The first-order valence-electron chi connectivity index (χ1n) is 6.91. The summed E-state index contributed by atoms with van der Waals surface area (Å²) < 4.78 is 0. The molecule has 0 bridgehead atoms. The Morgan fingerprint density at radius 3 is 2.95 bits per heavy atom. The van der Waals surface area contributed by atoms with Gasteiger partial charge in [0.1, 0.15) is 5.69 Å². The predicted octanol–water partition coefficient (Wildman–Crippen LogP) is 4.60. The van der Waals surface area contributed by atoms with Crippen LogP contribution in [0.2, 0.25) is 0 Å². The second-order valence-electron chi connectivity index (χ2n) is 5.71. The molecule has 0 spiro atoms. The maximum absolute atomic E-state index is 4.26. The van der Waals surface area contributed by atoms with Crippen LogP contribution in [-0.4, -0.2) is 4.98 Å². The third-order valence-corrected chi connectivity index (χ3v) is 3.83. The van der Waals surface area contributed by atoms with Crippen LogP contribution in [0.1, 0.15) is 50.8 Å². The Hall–Kier alpha value is -1.81. The summed E-state index contributed by atoms with van der Waals surface area (Å²) in [5.74, 6) is 6.29. The number of pyridine rings is 1. The molecule has 1 aliphatic carbocycles. The molecule has 19 heavy (non-hydrogen) atoms. The van der Waals surface area contributed by atoms with Crippen molar-refractivity contribution in [2.75, 3.05) is 0 Å². The van der Waals surface area contributed by atoms with Gasteiger partial charge in [-0.1, -0.05) is 44.4 Å². The van der Waals surface area contributed by atoms with Crippen molar-refractivity contribution < 1.29 is 0 Å². The van der Waals surface area contributed by atoms with Gasteiger partial charge in [-0.05, 0) is 54.4 Å². The van der Waals surface area contributed by atoms with E-state index in [1.807, 2.05) is 18.2 Å². The van der Waals surface area contributed by atoms with Gasteiger partial charge < -0.3 is 0 Å². The fraction of sp³-hybridized carbons (Fsp3) is 0.389. The monoisotopic (exact) mass is 251 g/mol. The van der Waals surface area contributed by atoms with Gasteiger partial charge in [-0.2, -0.15) is 0 Å². The molecule has 1 aliphatic rings. The van der Waals surface area contributed by atoms with Gasteiger partial charge in [0.25, 0.3) is 0 Å². The van der Waals surface area contributed by atoms with Crippen LogP contribution in [0.4, 0.5) is 0 Å². The first kappa shape index (κ1) is 13.6. The molecule has 0 aromatic carbocycles. The van der Waals surface area contributed by atoms with Crippen LogP contribution in [-0.2, 0) is 0 Å². The van der Waals surface area contributed by atoms with E-state index in [1.165, 1.54) is 31.3 Å². The molecule has 98 valence electrons. The molecule has 1 heteroatoms. The van der Waals surface area contributed by atoms with Crippen molar-refractivity contribution in [1.29, 1.82) is 0 Å². The highest BCUT2D eigenvalue weighted by atomic mass is 14.6. The standard InChI is InChI=1S/C18H21N/c1-4-15-11-13-19-17(14-15)10-7-9-16-8-5-6-12-18(16,2)3/h4,9,11,13-14H,1,5-6,8,12H2,2-3H3/b16-9+. The van der Waals surface area contributed by atoms with E-state index in [0.29, 0.717) is 5.41 Å². The summed E-state index contributed by atoms with van der Waals surface area (Å²) >= 11 is 0. The van der Waals surface area contributed by atoms with Gasteiger partial charge in [0, 0.05) is 6.20 Å². The highest BCUT2D eigenvalue weighted by molar-refractivity contribution is 5.49. The van der Waals surface area contributed by atoms with Crippen LogP contribution in [0.25, 0.3) is 6.08 Å². The van der Waals surface area contributed by atoms with Crippen molar-refractivity contribution in [2.45, 2.75) is 39.5 Å². The summed E-state index contributed by atoms with van der Waals surface area (Å²) in [6, 6.07) is 3.89. The third kappa shape index (κ3) is 3.58. The fourth-order valence-corrected chi connectivity index (χ4v) is 2.49. The lowest BCUT2D eigenvalue weighted by molar-refractivity contribution is 0.336. The number of rotatable bonds is 1. The molecule has 1 aromatic rings. The van der Waals surface area contributed by atoms with E-state index >= 15 is 0 Å². The molecule has 1 fully saturated rings. The minimum absolute atomic E-state index is 0.309. The number of hydrogen-bond acceptors (Lipinski definition) is 1. The minimum Gasteiger partial charge on any atom is -0.248 e. The lowest BCUT2D eigenvalue weighted by Gasteiger charge is -2.32. The lowest BCUT2D eigenvalue weighted by atomic mass is 9.73. The molecule has 0 saturated heterocycles. The number of allylic oxidation sites excluding steroid dienone is 2. The van der Waals surface area contributed by atoms with E-state index in [9.17, 15) is 0 Å². The van der Waals surface area contributed by atoms with Gasteiger partial charge >= 0.3 is 0 Å². The van der Waals surface area contributed by atoms with Crippen molar-refractivity contribution in [3.8, 4) is 11.8 Å². The topological polar surface area (TPSA) is 12.9 Å². The van der Waals surface area contributed by atoms with Gasteiger partial charge in [-0.3, -0.25) is 0 Å². The number of nitrogens with zero attached hydrogens (tertiary/aromatic N) is 1. The van der Waals surface area contributed by atoms with Crippen molar-refractivity contribution in [1.82, 2.24) is 4.98 Å². The van der Waals surface area contributed by atoms with Gasteiger partial charge in [0.05, 0.1) is 0 Å². The molecule has 0 N–H and O–H groups in total. The average Bonchev–Trinajstić information content (AvgIpc) is 2.41. The molecule has 2 rings (SSSR count). The van der Waals surface area contributed by atoms with E-state index in [2.05, 4.69) is 43.3 Å². The quantitative estimate of drug-likeness (QED) is 0.665. The summed E-state index contributed by atoms with van der Waals surface area (Å²) in [6.07, 6.45) is 10.8. The fourth-order valence-electron chi connectivity index (χ4n) is 2.49.